The van der Waals surface area contributed by atoms with E-state index < -0.39 is 7.14 Å². The van der Waals surface area contributed by atoms with E-state index in [1.165, 1.54) is 12.3 Å². The van der Waals surface area contributed by atoms with Crippen LogP contribution in [0.15, 0.2) is 73.2 Å². The first-order chi connectivity index (χ1) is 20.7. The van der Waals surface area contributed by atoms with Gasteiger partial charge in [-0.15, -0.1) is 0 Å². The van der Waals surface area contributed by atoms with Gasteiger partial charge in [-0.1, -0.05) is 56.6 Å². The van der Waals surface area contributed by atoms with Gasteiger partial charge in [-0.25, -0.2) is 9.37 Å². The normalized spacial score (nSPS) is 11.8. The van der Waals surface area contributed by atoms with Crippen LogP contribution >= 0.6 is 18.7 Å². The summed E-state index contributed by atoms with van der Waals surface area (Å²) in [6.45, 7) is 9.79. The molecule has 2 aromatic heterocycles. The van der Waals surface area contributed by atoms with Crippen LogP contribution < -0.4 is 20.7 Å². The number of halogens is 2. The quantitative estimate of drug-likeness (QED) is 0.166. The third-order valence-electron chi connectivity index (χ3n) is 7.17. The highest BCUT2D eigenvalue weighted by atomic mass is 35.5. The summed E-state index contributed by atoms with van der Waals surface area (Å²) in [5, 5.41) is 11.7. The fraction of sp³-hybridized carbons (Fsp3) is 0.242. The molecule has 0 saturated heterocycles. The van der Waals surface area contributed by atoms with Crippen LogP contribution in [-0.2, 0) is 17.0 Å². The third-order valence-corrected chi connectivity index (χ3v) is 8.98. The fourth-order valence-electron chi connectivity index (χ4n) is 4.97. The Morgan fingerprint density at radius 3 is 2.34 bits per heavy atom. The van der Waals surface area contributed by atoms with Gasteiger partial charge >= 0.3 is 0 Å². The van der Waals surface area contributed by atoms with E-state index in [2.05, 4.69) is 46.5 Å². The van der Waals surface area contributed by atoms with Crippen molar-refractivity contribution in [3.05, 3.63) is 89.6 Å². The van der Waals surface area contributed by atoms with Crippen LogP contribution in [0.1, 0.15) is 26.3 Å². The molecule has 0 atom stereocenters. The number of aromatic nitrogens is 4. The molecule has 2 N–H and O–H groups in total. The zero-order valence-electron chi connectivity index (χ0n) is 25.7. The van der Waals surface area contributed by atoms with Crippen LogP contribution in [0.3, 0.4) is 0 Å². The van der Waals surface area contributed by atoms with E-state index in [1.54, 1.807) is 61.5 Å². The average Bonchev–Trinajstić information content (AvgIpc) is 3.40. The van der Waals surface area contributed by atoms with E-state index in [4.69, 9.17) is 16.3 Å². The average molecular weight is 633 g/mol. The Kier molecular flexibility index (Phi) is 8.56. The Morgan fingerprint density at radius 1 is 0.955 bits per heavy atom. The second kappa shape index (κ2) is 12.1. The van der Waals surface area contributed by atoms with Crippen LogP contribution in [0.5, 0.6) is 5.75 Å². The van der Waals surface area contributed by atoms with Gasteiger partial charge in [0.15, 0.2) is 5.82 Å². The van der Waals surface area contributed by atoms with Gasteiger partial charge in [0, 0.05) is 29.7 Å². The van der Waals surface area contributed by atoms with Crippen LogP contribution in [0.2, 0.25) is 5.02 Å². The first-order valence-corrected chi connectivity index (χ1v) is 16.9. The number of rotatable bonds is 8. The summed E-state index contributed by atoms with van der Waals surface area (Å²) in [6.07, 6.45) is 5.29. The molecular formula is C33H35ClFN6O2P. The molecule has 0 saturated carbocycles. The van der Waals surface area contributed by atoms with Gasteiger partial charge in [0.2, 0.25) is 5.95 Å². The summed E-state index contributed by atoms with van der Waals surface area (Å²) in [5.41, 5.74) is 5.17. The van der Waals surface area contributed by atoms with Gasteiger partial charge in [-0.3, -0.25) is 4.68 Å². The lowest BCUT2D eigenvalue weighted by atomic mass is 9.82. The lowest BCUT2D eigenvalue weighted by Gasteiger charge is -2.25. The van der Waals surface area contributed by atoms with E-state index >= 15 is 0 Å². The SMILES string of the molecule is COc1cc(C(C)(C)C)c(-c2cnn(C)c2)cc1Nc1ncc(Cl)c(Nc2ccc(-c3ccccc3F)cc2P(C)(C)=O)n1. The Bertz CT molecular complexity index is 1900. The van der Waals surface area contributed by atoms with E-state index in [9.17, 15) is 8.96 Å². The predicted molar refractivity (Wildman–Crippen MR) is 178 cm³/mol. The van der Waals surface area contributed by atoms with Crippen molar-refractivity contribution in [1.29, 1.82) is 0 Å². The van der Waals surface area contributed by atoms with Gasteiger partial charge in [0.25, 0.3) is 0 Å². The number of nitrogens with zero attached hydrogens (tertiary/aromatic N) is 4. The maximum Gasteiger partial charge on any atom is 0.229 e. The minimum Gasteiger partial charge on any atom is -0.495 e. The molecule has 5 rings (SSSR count). The van der Waals surface area contributed by atoms with Crippen molar-refractivity contribution < 1.29 is 13.7 Å². The Balaban J connectivity index is 1.53. The van der Waals surface area contributed by atoms with E-state index in [0.717, 1.165) is 16.7 Å². The molecule has 0 radical (unpaired) electrons. The minimum atomic E-state index is -2.81. The van der Waals surface area contributed by atoms with Crippen molar-refractivity contribution in [3.8, 4) is 28.0 Å². The van der Waals surface area contributed by atoms with Crippen molar-refractivity contribution in [2.45, 2.75) is 26.2 Å². The number of hydrogen-bond donors (Lipinski definition) is 2. The second-order valence-electron chi connectivity index (χ2n) is 12.0. The number of benzene rings is 3. The molecule has 0 unspecified atom stereocenters. The van der Waals surface area contributed by atoms with Crippen LogP contribution in [-0.4, -0.2) is 40.2 Å². The van der Waals surface area contributed by atoms with E-state index in [-0.39, 0.29) is 22.2 Å². The fourth-order valence-corrected chi connectivity index (χ4v) is 6.27. The van der Waals surface area contributed by atoms with Crippen molar-refractivity contribution in [2.75, 3.05) is 31.1 Å². The van der Waals surface area contributed by atoms with Crippen LogP contribution in [0.25, 0.3) is 22.3 Å². The summed E-state index contributed by atoms with van der Waals surface area (Å²) in [5.74, 6) is 0.861. The molecule has 0 spiro atoms. The molecule has 0 aliphatic carbocycles. The maximum atomic E-state index is 14.5. The zero-order chi connectivity index (χ0) is 31.8. The Morgan fingerprint density at radius 2 is 1.70 bits per heavy atom. The van der Waals surface area contributed by atoms with Gasteiger partial charge in [0.05, 0.1) is 30.9 Å². The van der Waals surface area contributed by atoms with Gasteiger partial charge in [0.1, 0.15) is 23.7 Å². The number of aryl methyl sites for hydroxylation is 1. The summed E-state index contributed by atoms with van der Waals surface area (Å²) < 4.78 is 35.5. The summed E-state index contributed by atoms with van der Waals surface area (Å²) >= 11 is 6.53. The molecule has 8 nitrogen and oxygen atoms in total. The van der Waals surface area contributed by atoms with Crippen LogP contribution in [0.4, 0.5) is 27.5 Å². The summed E-state index contributed by atoms with van der Waals surface area (Å²) in [7, 11) is 0.691. The van der Waals surface area contributed by atoms with Gasteiger partial charge in [-0.2, -0.15) is 10.1 Å². The highest BCUT2D eigenvalue weighted by Gasteiger charge is 2.24. The highest BCUT2D eigenvalue weighted by Crippen LogP contribution is 2.42. The molecule has 11 heteroatoms. The number of ether oxygens (including phenoxy) is 1. The molecule has 2 heterocycles. The number of methoxy groups -OCH3 is 1. The number of nitrogens with one attached hydrogen (secondary N) is 2. The standard InChI is InChI=1S/C33H35ClFN6O2P/c1-33(2,3)24-16-29(43-5)28(15-23(24)21-17-37-41(4)19-21)39-32-36-18-25(34)31(40-32)38-27-13-12-20(14-30(27)44(6,7)42)22-10-8-9-11-26(22)35/h8-19H,1-7H3,(H2,36,38,39,40). The molecule has 5 aromatic rings. The van der Waals surface area contributed by atoms with Gasteiger partial charge < -0.3 is 19.9 Å². The van der Waals surface area contributed by atoms with Crippen molar-refractivity contribution in [2.24, 2.45) is 7.05 Å². The first kappa shape index (κ1) is 31.2. The lowest BCUT2D eigenvalue weighted by molar-refractivity contribution is 0.415. The minimum absolute atomic E-state index is 0.164. The number of hydrogen-bond acceptors (Lipinski definition) is 7. The lowest BCUT2D eigenvalue weighted by Crippen LogP contribution is -2.14. The topological polar surface area (TPSA) is 94.0 Å². The predicted octanol–water partition coefficient (Wildman–Crippen LogP) is 8.38. The molecule has 0 aliphatic heterocycles. The van der Waals surface area contributed by atoms with E-state index in [1.807, 2.05) is 31.6 Å². The third kappa shape index (κ3) is 6.64. The maximum absolute atomic E-state index is 14.5. The monoisotopic (exact) mass is 632 g/mol. The zero-order valence-corrected chi connectivity index (χ0v) is 27.4. The summed E-state index contributed by atoms with van der Waals surface area (Å²) in [4.78, 5) is 9.05. The van der Waals surface area contributed by atoms with Crippen molar-refractivity contribution in [3.63, 3.8) is 0 Å². The summed E-state index contributed by atoms with van der Waals surface area (Å²) in [6, 6.07) is 15.8. The number of anilines is 4. The Labute approximate surface area is 262 Å². The first-order valence-electron chi connectivity index (χ1n) is 14.0. The Hall–Kier alpha value is -4.20. The molecule has 0 aliphatic rings. The molecule has 44 heavy (non-hydrogen) atoms. The van der Waals surface area contributed by atoms with Gasteiger partial charge in [-0.05, 0) is 65.8 Å². The largest absolute Gasteiger partial charge is 0.495 e. The smallest absolute Gasteiger partial charge is 0.229 e. The molecule has 3 aromatic carbocycles. The molecule has 228 valence electrons. The van der Waals surface area contributed by atoms with Crippen LogP contribution in [0, 0.1) is 5.82 Å². The molecule has 0 amide bonds. The molecule has 0 bridgehead atoms. The highest BCUT2D eigenvalue weighted by molar-refractivity contribution is 7.70. The van der Waals surface area contributed by atoms with E-state index in [0.29, 0.717) is 39.4 Å². The van der Waals surface area contributed by atoms with Crippen molar-refractivity contribution in [1.82, 2.24) is 19.7 Å². The van der Waals surface area contributed by atoms with Crippen molar-refractivity contribution >= 4 is 47.2 Å². The molecular weight excluding hydrogens is 598 g/mol. The second-order valence-corrected chi connectivity index (χ2v) is 15.5. The molecule has 0 fully saturated rings.